The predicted molar refractivity (Wildman–Crippen MR) is 139 cm³/mol. The van der Waals surface area contributed by atoms with Crippen LogP contribution >= 0.6 is 0 Å². The van der Waals surface area contributed by atoms with E-state index in [4.69, 9.17) is 0 Å². The number of para-hydroxylation sites is 1. The smallest absolute Gasteiger partial charge is 0.251 e. The van der Waals surface area contributed by atoms with E-state index in [9.17, 15) is 13.2 Å². The van der Waals surface area contributed by atoms with Crippen LogP contribution in [0.1, 0.15) is 22.8 Å². The lowest BCUT2D eigenvalue weighted by Gasteiger charge is -2.39. The molecule has 1 saturated heterocycles. The van der Waals surface area contributed by atoms with Crippen LogP contribution in [0.5, 0.6) is 0 Å². The topological polar surface area (TPSA) is 81.7 Å². The van der Waals surface area contributed by atoms with Crippen LogP contribution in [0.2, 0.25) is 0 Å². The zero-order chi connectivity index (χ0) is 24.7. The van der Waals surface area contributed by atoms with Crippen molar-refractivity contribution in [3.63, 3.8) is 0 Å². The Labute approximate surface area is 207 Å². The second kappa shape index (κ2) is 11.5. The molecule has 35 heavy (non-hydrogen) atoms. The Morgan fingerprint density at radius 1 is 0.886 bits per heavy atom. The number of nitrogens with one attached hydrogen (secondary N) is 2. The Bertz CT molecular complexity index is 1210. The second-order valence-corrected chi connectivity index (χ2v) is 10.5. The van der Waals surface area contributed by atoms with Crippen LogP contribution in [0.25, 0.3) is 0 Å². The molecule has 1 fully saturated rings. The van der Waals surface area contributed by atoms with Crippen LogP contribution in [-0.4, -0.2) is 58.0 Å². The number of amides is 1. The number of hydrogen-bond acceptors (Lipinski definition) is 5. The highest BCUT2D eigenvalue weighted by Gasteiger charge is 2.22. The van der Waals surface area contributed by atoms with E-state index in [1.807, 2.05) is 36.4 Å². The monoisotopic (exact) mass is 492 g/mol. The number of benzene rings is 3. The molecule has 0 bridgehead atoms. The molecule has 3 aromatic carbocycles. The number of carbonyl (C=O) groups excluding carboxylic acids is 1. The van der Waals surface area contributed by atoms with Crippen molar-refractivity contribution in [2.75, 3.05) is 37.6 Å². The van der Waals surface area contributed by atoms with E-state index in [2.05, 4.69) is 51.0 Å². The van der Waals surface area contributed by atoms with Crippen molar-refractivity contribution in [2.45, 2.75) is 24.4 Å². The number of anilines is 1. The average molecular weight is 493 g/mol. The van der Waals surface area contributed by atoms with E-state index in [0.717, 1.165) is 31.7 Å². The molecule has 0 aliphatic carbocycles. The first-order valence-electron chi connectivity index (χ1n) is 11.9. The van der Waals surface area contributed by atoms with Gasteiger partial charge in [-0.1, -0.05) is 54.6 Å². The van der Waals surface area contributed by atoms with Crippen LogP contribution in [0, 0.1) is 0 Å². The number of nitrogens with zero attached hydrogens (tertiary/aromatic N) is 2. The number of rotatable bonds is 9. The highest BCUT2D eigenvalue weighted by atomic mass is 32.2. The van der Waals surface area contributed by atoms with Crippen molar-refractivity contribution in [1.29, 1.82) is 0 Å². The minimum atomic E-state index is -3.73. The molecule has 1 heterocycles. The van der Waals surface area contributed by atoms with Gasteiger partial charge in [0.15, 0.2) is 0 Å². The molecule has 3 aromatic rings. The van der Waals surface area contributed by atoms with Gasteiger partial charge in [0, 0.05) is 56.6 Å². The van der Waals surface area contributed by atoms with Crippen LogP contribution < -0.4 is 14.9 Å². The van der Waals surface area contributed by atoms with Gasteiger partial charge < -0.3 is 10.2 Å². The molecule has 1 aliphatic heterocycles. The van der Waals surface area contributed by atoms with Gasteiger partial charge in [0.2, 0.25) is 10.0 Å². The number of carbonyl (C=O) groups is 1. The van der Waals surface area contributed by atoms with Crippen molar-refractivity contribution in [3.05, 3.63) is 96.1 Å². The van der Waals surface area contributed by atoms with Gasteiger partial charge in [-0.05, 0) is 42.8 Å². The highest BCUT2D eigenvalue weighted by molar-refractivity contribution is 7.89. The van der Waals surface area contributed by atoms with Crippen molar-refractivity contribution in [2.24, 2.45) is 0 Å². The summed E-state index contributed by atoms with van der Waals surface area (Å²) in [4.78, 5) is 17.6. The maximum absolute atomic E-state index is 12.8. The van der Waals surface area contributed by atoms with Gasteiger partial charge in [0.05, 0.1) is 4.90 Å². The Morgan fingerprint density at radius 3 is 2.23 bits per heavy atom. The van der Waals surface area contributed by atoms with Gasteiger partial charge >= 0.3 is 0 Å². The summed E-state index contributed by atoms with van der Waals surface area (Å²) >= 11 is 0. The summed E-state index contributed by atoms with van der Waals surface area (Å²) in [5.41, 5.74) is 2.43. The summed E-state index contributed by atoms with van der Waals surface area (Å²) in [5, 5.41) is 2.97. The maximum Gasteiger partial charge on any atom is 0.251 e. The molecule has 0 spiro atoms. The molecule has 1 unspecified atom stereocenters. The van der Waals surface area contributed by atoms with Crippen molar-refractivity contribution < 1.29 is 13.2 Å². The van der Waals surface area contributed by atoms with E-state index < -0.39 is 10.0 Å². The molecule has 4 rings (SSSR count). The van der Waals surface area contributed by atoms with Crippen molar-refractivity contribution in [1.82, 2.24) is 14.9 Å². The molecule has 184 valence electrons. The van der Waals surface area contributed by atoms with E-state index >= 15 is 0 Å². The minimum Gasteiger partial charge on any atom is -0.369 e. The van der Waals surface area contributed by atoms with Gasteiger partial charge in [0.1, 0.15) is 0 Å². The van der Waals surface area contributed by atoms with Crippen molar-refractivity contribution in [3.8, 4) is 0 Å². The van der Waals surface area contributed by atoms with Gasteiger partial charge in [-0.2, -0.15) is 0 Å². The fourth-order valence-corrected chi connectivity index (χ4v) is 5.26. The molecule has 0 radical (unpaired) electrons. The molecule has 7 nitrogen and oxygen atoms in total. The van der Waals surface area contributed by atoms with E-state index in [0.29, 0.717) is 12.1 Å². The van der Waals surface area contributed by atoms with E-state index in [1.165, 1.54) is 17.8 Å². The average Bonchev–Trinajstić information content (AvgIpc) is 2.91. The Hall–Kier alpha value is -3.20. The quantitative estimate of drug-likeness (QED) is 0.480. The standard InChI is InChI=1S/C27H32N4O3S/c1-22(30-15-17-31(18-16-30)25-12-6-3-7-13-25)20-28-27(32)24-11-8-14-26(19-24)35(33,34)29-21-23-9-4-2-5-10-23/h2-14,19,22,29H,15-18,20-21H2,1H3,(H,28,32). The van der Waals surface area contributed by atoms with Crippen molar-refractivity contribution >= 4 is 21.6 Å². The summed E-state index contributed by atoms with van der Waals surface area (Å²) in [5.74, 6) is -0.278. The third-order valence-corrected chi connectivity index (χ3v) is 7.73. The first-order chi connectivity index (χ1) is 16.9. The molecule has 2 N–H and O–H groups in total. The summed E-state index contributed by atoms with van der Waals surface area (Å²) in [6.07, 6.45) is 0. The third kappa shape index (κ3) is 6.69. The number of hydrogen-bond donors (Lipinski definition) is 2. The minimum absolute atomic E-state index is 0.0752. The molecule has 1 atom stereocenters. The van der Waals surface area contributed by atoms with Crippen LogP contribution in [0.15, 0.2) is 89.8 Å². The second-order valence-electron chi connectivity index (χ2n) is 8.76. The van der Waals surface area contributed by atoms with Gasteiger partial charge in [-0.25, -0.2) is 13.1 Å². The Kier molecular flexibility index (Phi) is 8.17. The van der Waals surface area contributed by atoms with Gasteiger partial charge in [-0.3, -0.25) is 9.69 Å². The summed E-state index contributed by atoms with van der Waals surface area (Å²) in [6.45, 7) is 6.52. The van der Waals surface area contributed by atoms with Gasteiger partial charge in [0.25, 0.3) is 5.91 Å². The summed E-state index contributed by atoms with van der Waals surface area (Å²) in [7, 11) is -3.73. The van der Waals surface area contributed by atoms with Crippen LogP contribution in [0.3, 0.4) is 0 Å². The summed E-state index contributed by atoms with van der Waals surface area (Å²) in [6, 6.07) is 26.0. The molecule has 1 amide bonds. The third-order valence-electron chi connectivity index (χ3n) is 6.33. The molecular weight excluding hydrogens is 460 g/mol. The zero-order valence-electron chi connectivity index (χ0n) is 19.9. The first kappa shape index (κ1) is 24.9. The first-order valence-corrected chi connectivity index (χ1v) is 13.4. The van der Waals surface area contributed by atoms with E-state index in [-0.39, 0.29) is 23.4 Å². The predicted octanol–water partition coefficient (Wildman–Crippen LogP) is 3.11. The number of piperazine rings is 1. The lowest BCUT2D eigenvalue weighted by atomic mass is 10.2. The molecule has 0 saturated carbocycles. The zero-order valence-corrected chi connectivity index (χ0v) is 20.7. The summed E-state index contributed by atoms with van der Waals surface area (Å²) < 4.78 is 28.1. The van der Waals surface area contributed by atoms with Crippen LogP contribution in [0.4, 0.5) is 5.69 Å². The molecule has 1 aliphatic rings. The van der Waals surface area contributed by atoms with E-state index in [1.54, 1.807) is 12.1 Å². The molecule has 8 heteroatoms. The number of sulfonamides is 1. The highest BCUT2D eigenvalue weighted by Crippen LogP contribution is 2.17. The fourth-order valence-electron chi connectivity index (χ4n) is 4.19. The maximum atomic E-state index is 12.8. The Morgan fingerprint density at radius 2 is 1.54 bits per heavy atom. The Balaban J connectivity index is 1.28. The van der Waals surface area contributed by atoms with Gasteiger partial charge in [-0.15, -0.1) is 0 Å². The SMILES string of the molecule is CC(CNC(=O)c1cccc(S(=O)(=O)NCc2ccccc2)c1)N1CCN(c2ccccc2)CC1. The van der Waals surface area contributed by atoms with Crippen LogP contribution in [-0.2, 0) is 16.6 Å². The molecule has 0 aromatic heterocycles. The molecular formula is C27H32N4O3S. The fraction of sp³-hybridized carbons (Fsp3) is 0.296. The normalized spacial score (nSPS) is 15.5. The largest absolute Gasteiger partial charge is 0.369 e. The lowest BCUT2D eigenvalue weighted by molar-refractivity contribution is 0.0934. The lowest BCUT2D eigenvalue weighted by Crippen LogP contribution is -2.52.